The van der Waals surface area contributed by atoms with E-state index in [1.807, 2.05) is 6.07 Å². The fourth-order valence-electron chi connectivity index (χ4n) is 4.26. The Hall–Kier alpha value is -4.33. The summed E-state index contributed by atoms with van der Waals surface area (Å²) in [6.45, 7) is 0.237. The molecule has 8 nitrogen and oxygen atoms in total. The Morgan fingerprint density at radius 2 is 1.73 bits per heavy atom. The number of pyridine rings is 1. The Morgan fingerprint density at radius 1 is 0.970 bits per heavy atom. The molecular formula is C25H20N4O4. The van der Waals surface area contributed by atoms with Gasteiger partial charge in [0.2, 0.25) is 5.91 Å². The van der Waals surface area contributed by atoms with Crippen molar-refractivity contribution < 1.29 is 19.2 Å². The molecule has 0 fully saturated rings. The second kappa shape index (κ2) is 8.31. The topological polar surface area (TPSA) is 99.7 Å². The summed E-state index contributed by atoms with van der Waals surface area (Å²) >= 11 is 0. The Bertz CT molecular complexity index is 1250. The zero-order valence-corrected chi connectivity index (χ0v) is 17.7. The maximum atomic E-state index is 12.9. The number of benzene rings is 2. The number of imide groups is 1. The summed E-state index contributed by atoms with van der Waals surface area (Å²) in [5.74, 6) is -1.53. The highest BCUT2D eigenvalue weighted by molar-refractivity contribution is 6.22. The Kier molecular flexibility index (Phi) is 5.18. The van der Waals surface area contributed by atoms with Gasteiger partial charge in [0.25, 0.3) is 17.7 Å². The van der Waals surface area contributed by atoms with Gasteiger partial charge >= 0.3 is 0 Å². The average molecular weight is 440 g/mol. The van der Waals surface area contributed by atoms with Crippen molar-refractivity contribution >= 4 is 35.0 Å². The molecule has 3 aromatic rings. The molecule has 4 amide bonds. The van der Waals surface area contributed by atoms with Crippen molar-refractivity contribution in [3.05, 3.63) is 89.2 Å². The van der Waals surface area contributed by atoms with E-state index in [-0.39, 0.29) is 12.5 Å². The summed E-state index contributed by atoms with van der Waals surface area (Å²) in [6, 6.07) is 15.3. The number of rotatable bonds is 4. The normalized spacial score (nSPS) is 14.7. The Balaban J connectivity index is 1.30. The average Bonchev–Trinajstić information content (AvgIpc) is 3.08. The molecule has 33 heavy (non-hydrogen) atoms. The number of carbonyl (C=O) groups is 4. The van der Waals surface area contributed by atoms with Crippen LogP contribution in [0.4, 0.5) is 11.4 Å². The number of anilines is 2. The lowest BCUT2D eigenvalue weighted by Crippen LogP contribution is -2.37. The standard InChI is InChI=1S/C25H20N4O4/c30-22(15-29-24(32)19-7-1-2-8-20(19)25(29)33)27-18-9-10-21-16(13-18)6-4-12-28(21)23(31)17-5-3-11-26-14-17/h1-3,5,7-11,13-14H,4,6,12,15H2,(H,27,30). The van der Waals surface area contributed by atoms with Gasteiger partial charge in [-0.25, -0.2) is 0 Å². The monoisotopic (exact) mass is 440 g/mol. The van der Waals surface area contributed by atoms with Gasteiger partial charge in [-0.2, -0.15) is 0 Å². The summed E-state index contributed by atoms with van der Waals surface area (Å²) in [5, 5.41) is 2.76. The molecule has 8 heteroatoms. The summed E-state index contributed by atoms with van der Waals surface area (Å²) < 4.78 is 0. The van der Waals surface area contributed by atoms with Crippen LogP contribution >= 0.6 is 0 Å². The van der Waals surface area contributed by atoms with Gasteiger partial charge in [0.1, 0.15) is 6.54 Å². The van der Waals surface area contributed by atoms with Crippen LogP contribution in [0, 0.1) is 0 Å². The van der Waals surface area contributed by atoms with Gasteiger partial charge in [0.15, 0.2) is 0 Å². The van der Waals surface area contributed by atoms with Crippen LogP contribution in [0.5, 0.6) is 0 Å². The van der Waals surface area contributed by atoms with Crippen molar-refractivity contribution in [1.82, 2.24) is 9.88 Å². The second-order valence-electron chi connectivity index (χ2n) is 7.94. The third-order valence-electron chi connectivity index (χ3n) is 5.82. The highest BCUT2D eigenvalue weighted by Crippen LogP contribution is 2.31. The molecule has 5 rings (SSSR count). The first kappa shape index (κ1) is 20.6. The van der Waals surface area contributed by atoms with Crippen molar-refractivity contribution in [3.63, 3.8) is 0 Å². The van der Waals surface area contributed by atoms with E-state index in [2.05, 4.69) is 10.3 Å². The van der Waals surface area contributed by atoms with Gasteiger partial charge in [-0.3, -0.25) is 29.1 Å². The smallest absolute Gasteiger partial charge is 0.262 e. The van der Waals surface area contributed by atoms with Crippen LogP contribution in [0.3, 0.4) is 0 Å². The molecule has 164 valence electrons. The van der Waals surface area contributed by atoms with Crippen molar-refractivity contribution in [2.24, 2.45) is 0 Å². The van der Waals surface area contributed by atoms with Gasteiger partial charge in [-0.1, -0.05) is 12.1 Å². The number of hydrogen-bond acceptors (Lipinski definition) is 5. The molecule has 2 aromatic carbocycles. The number of nitrogens with zero attached hydrogens (tertiary/aromatic N) is 3. The van der Waals surface area contributed by atoms with Gasteiger partial charge in [0, 0.05) is 30.3 Å². The Morgan fingerprint density at radius 3 is 2.42 bits per heavy atom. The molecule has 0 saturated carbocycles. The SMILES string of the molecule is O=C(CN1C(=O)c2ccccc2C1=O)Nc1ccc2c(c1)CCCN2C(=O)c1cccnc1. The van der Waals surface area contributed by atoms with Crippen molar-refractivity contribution in [3.8, 4) is 0 Å². The van der Waals surface area contributed by atoms with Crippen LogP contribution < -0.4 is 10.2 Å². The van der Waals surface area contributed by atoms with E-state index in [4.69, 9.17) is 0 Å². The predicted octanol–water partition coefficient (Wildman–Crippen LogP) is 2.91. The number of carbonyl (C=O) groups excluding carboxylic acids is 4. The van der Waals surface area contributed by atoms with Crippen molar-refractivity contribution in [1.29, 1.82) is 0 Å². The van der Waals surface area contributed by atoms with Crippen LogP contribution in [0.25, 0.3) is 0 Å². The van der Waals surface area contributed by atoms with Crippen molar-refractivity contribution in [2.45, 2.75) is 12.8 Å². The maximum Gasteiger partial charge on any atom is 0.262 e. The third kappa shape index (κ3) is 3.76. The first-order valence-corrected chi connectivity index (χ1v) is 10.6. The van der Waals surface area contributed by atoms with Crippen LogP contribution in [-0.2, 0) is 11.2 Å². The zero-order valence-electron chi connectivity index (χ0n) is 17.7. The van der Waals surface area contributed by atoms with E-state index in [1.165, 1.54) is 0 Å². The number of fused-ring (bicyclic) bond motifs is 2. The van der Waals surface area contributed by atoms with E-state index >= 15 is 0 Å². The molecule has 0 atom stereocenters. The van der Waals surface area contributed by atoms with Crippen LogP contribution in [0.15, 0.2) is 67.0 Å². The molecule has 0 aliphatic carbocycles. The summed E-state index contributed by atoms with van der Waals surface area (Å²) in [7, 11) is 0. The molecule has 0 radical (unpaired) electrons. The number of aryl methyl sites for hydroxylation is 1. The molecular weight excluding hydrogens is 420 g/mol. The summed E-state index contributed by atoms with van der Waals surface area (Å²) in [4.78, 5) is 57.2. The van der Waals surface area contributed by atoms with E-state index in [9.17, 15) is 19.2 Å². The molecule has 3 heterocycles. The number of nitrogens with one attached hydrogen (secondary N) is 1. The molecule has 0 saturated heterocycles. The summed E-state index contributed by atoms with van der Waals surface area (Å²) in [6.07, 6.45) is 4.74. The number of amides is 4. The number of hydrogen-bond donors (Lipinski definition) is 1. The maximum absolute atomic E-state index is 12.9. The van der Waals surface area contributed by atoms with E-state index in [0.717, 1.165) is 29.0 Å². The minimum atomic E-state index is -0.472. The molecule has 0 spiro atoms. The summed E-state index contributed by atoms with van der Waals surface area (Å²) in [5.41, 5.74) is 3.42. The number of aromatic nitrogens is 1. The molecule has 0 bridgehead atoms. The van der Waals surface area contributed by atoms with Crippen LogP contribution in [0.1, 0.15) is 43.1 Å². The van der Waals surface area contributed by atoms with E-state index in [1.54, 1.807) is 65.8 Å². The third-order valence-corrected chi connectivity index (χ3v) is 5.82. The molecule has 0 unspecified atom stereocenters. The minimum absolute atomic E-state index is 0.119. The van der Waals surface area contributed by atoms with Crippen LogP contribution in [0.2, 0.25) is 0 Å². The lowest BCUT2D eigenvalue weighted by Gasteiger charge is -2.30. The minimum Gasteiger partial charge on any atom is -0.325 e. The molecule has 1 aromatic heterocycles. The van der Waals surface area contributed by atoms with E-state index in [0.29, 0.717) is 28.9 Å². The first-order chi connectivity index (χ1) is 16.0. The lowest BCUT2D eigenvalue weighted by molar-refractivity contribution is -0.116. The van der Waals surface area contributed by atoms with Crippen LogP contribution in [-0.4, -0.2) is 46.6 Å². The fourth-order valence-corrected chi connectivity index (χ4v) is 4.26. The highest BCUT2D eigenvalue weighted by atomic mass is 16.2. The highest BCUT2D eigenvalue weighted by Gasteiger charge is 2.36. The molecule has 1 N–H and O–H groups in total. The predicted molar refractivity (Wildman–Crippen MR) is 121 cm³/mol. The molecule has 2 aliphatic heterocycles. The fraction of sp³-hybridized carbons (Fsp3) is 0.160. The second-order valence-corrected chi connectivity index (χ2v) is 7.94. The van der Waals surface area contributed by atoms with Crippen molar-refractivity contribution in [2.75, 3.05) is 23.3 Å². The zero-order chi connectivity index (χ0) is 22.9. The Labute approximate surface area is 189 Å². The van der Waals surface area contributed by atoms with Gasteiger partial charge < -0.3 is 10.2 Å². The molecule has 2 aliphatic rings. The largest absolute Gasteiger partial charge is 0.325 e. The van der Waals surface area contributed by atoms with E-state index < -0.39 is 17.7 Å². The lowest BCUT2D eigenvalue weighted by atomic mass is 10.00. The first-order valence-electron chi connectivity index (χ1n) is 10.6. The van der Waals surface area contributed by atoms with Gasteiger partial charge in [0.05, 0.1) is 16.7 Å². The van der Waals surface area contributed by atoms with Gasteiger partial charge in [-0.15, -0.1) is 0 Å². The quantitative estimate of drug-likeness (QED) is 0.629. The van der Waals surface area contributed by atoms with Gasteiger partial charge in [-0.05, 0) is 60.9 Å².